The van der Waals surface area contributed by atoms with Crippen LogP contribution in [0.15, 0.2) is 36.4 Å². The van der Waals surface area contributed by atoms with E-state index in [1.165, 1.54) is 12.1 Å². The van der Waals surface area contributed by atoms with Crippen molar-refractivity contribution in [3.05, 3.63) is 69.5 Å². The van der Waals surface area contributed by atoms with Gasteiger partial charge < -0.3 is 10.0 Å². The molecule has 0 saturated carbocycles. The van der Waals surface area contributed by atoms with Crippen molar-refractivity contribution in [1.29, 1.82) is 0 Å². The van der Waals surface area contributed by atoms with Crippen molar-refractivity contribution in [2.45, 2.75) is 25.8 Å². The molecule has 0 radical (unpaired) electrons. The van der Waals surface area contributed by atoms with Gasteiger partial charge in [0.05, 0.1) is 22.2 Å². The lowest BCUT2D eigenvalue weighted by Gasteiger charge is -2.29. The molecule has 0 fully saturated rings. The molecular weight excluding hydrogens is 345 g/mol. The van der Waals surface area contributed by atoms with Gasteiger partial charge in [-0.1, -0.05) is 17.7 Å². The number of hydrogen-bond acceptors (Lipinski definition) is 2. The van der Waals surface area contributed by atoms with Crippen LogP contribution in [-0.4, -0.2) is 28.4 Å². The van der Waals surface area contributed by atoms with Crippen LogP contribution in [0.2, 0.25) is 5.02 Å². The van der Waals surface area contributed by atoms with Gasteiger partial charge in [-0.05, 0) is 61.2 Å². The highest BCUT2D eigenvalue weighted by Crippen LogP contribution is 2.37. The first-order chi connectivity index (χ1) is 11.9. The number of rotatable bonds is 4. The van der Waals surface area contributed by atoms with Crippen LogP contribution in [0.3, 0.4) is 0 Å². The van der Waals surface area contributed by atoms with Crippen LogP contribution in [0.25, 0.3) is 0 Å². The third kappa shape index (κ3) is 3.24. The number of aryl methyl sites for hydroxylation is 1. The molecule has 0 saturated heterocycles. The summed E-state index contributed by atoms with van der Waals surface area (Å²) in [6.07, 6.45) is 1.50. The zero-order chi connectivity index (χ0) is 18.1. The van der Waals surface area contributed by atoms with Crippen LogP contribution in [0, 0.1) is 5.82 Å². The van der Waals surface area contributed by atoms with Gasteiger partial charge in [-0.25, -0.2) is 9.18 Å². The van der Waals surface area contributed by atoms with Gasteiger partial charge >= 0.3 is 5.97 Å². The zero-order valence-electron chi connectivity index (χ0n) is 13.6. The largest absolute Gasteiger partial charge is 0.478 e. The molecule has 0 bridgehead atoms. The molecule has 3 rings (SSSR count). The van der Waals surface area contributed by atoms with E-state index in [2.05, 4.69) is 0 Å². The average molecular weight is 362 g/mol. The summed E-state index contributed by atoms with van der Waals surface area (Å²) in [5.41, 5.74) is 2.35. The van der Waals surface area contributed by atoms with Gasteiger partial charge in [-0.3, -0.25) is 4.79 Å². The fourth-order valence-corrected chi connectivity index (χ4v) is 3.61. The summed E-state index contributed by atoms with van der Waals surface area (Å²) in [4.78, 5) is 25.8. The van der Waals surface area contributed by atoms with Crippen molar-refractivity contribution in [3.63, 3.8) is 0 Å². The molecule has 1 atom stereocenters. The minimum atomic E-state index is -0.996. The highest BCUT2D eigenvalue weighted by Gasteiger charge is 2.32. The SMILES string of the molecule is CCN(C(=O)c1ccc(F)cc1Cl)[C@@H]1CCc2ccc(C(=O)O)cc21. The molecule has 0 heterocycles. The van der Waals surface area contributed by atoms with Crippen LogP contribution in [-0.2, 0) is 6.42 Å². The van der Waals surface area contributed by atoms with E-state index in [4.69, 9.17) is 11.6 Å². The number of hydrogen-bond donors (Lipinski definition) is 1. The Labute approximate surface area is 149 Å². The summed E-state index contributed by atoms with van der Waals surface area (Å²) in [5, 5.41) is 9.28. The van der Waals surface area contributed by atoms with Crippen molar-refractivity contribution in [3.8, 4) is 0 Å². The van der Waals surface area contributed by atoms with Gasteiger partial charge in [0, 0.05) is 6.54 Å². The van der Waals surface area contributed by atoms with Crippen molar-refractivity contribution >= 4 is 23.5 Å². The minimum Gasteiger partial charge on any atom is -0.478 e. The molecule has 4 nitrogen and oxygen atoms in total. The standard InChI is InChI=1S/C19H17ClFNO3/c1-2-22(18(23)14-7-6-13(21)10-16(14)20)17-8-5-11-3-4-12(19(24)25)9-15(11)17/h3-4,6-7,9-10,17H,2,5,8H2,1H3,(H,24,25)/t17-/m1/s1. The molecule has 6 heteroatoms. The van der Waals surface area contributed by atoms with Gasteiger partial charge in [-0.15, -0.1) is 0 Å². The number of carboxylic acids is 1. The smallest absolute Gasteiger partial charge is 0.335 e. The van der Waals surface area contributed by atoms with Crippen molar-refractivity contribution in [2.24, 2.45) is 0 Å². The van der Waals surface area contributed by atoms with Gasteiger partial charge in [0.15, 0.2) is 0 Å². The molecular formula is C19H17ClFNO3. The molecule has 0 spiro atoms. The van der Waals surface area contributed by atoms with Crippen molar-refractivity contribution < 1.29 is 19.1 Å². The van der Waals surface area contributed by atoms with Crippen LogP contribution in [0.4, 0.5) is 4.39 Å². The third-order valence-electron chi connectivity index (χ3n) is 4.58. The first-order valence-electron chi connectivity index (χ1n) is 8.04. The first kappa shape index (κ1) is 17.4. The van der Waals surface area contributed by atoms with E-state index >= 15 is 0 Å². The Hall–Kier alpha value is -2.40. The maximum Gasteiger partial charge on any atom is 0.335 e. The molecule has 1 aliphatic carbocycles. The van der Waals surface area contributed by atoms with Crippen LogP contribution in [0.1, 0.15) is 51.2 Å². The molecule has 25 heavy (non-hydrogen) atoms. The Kier molecular flexibility index (Phi) is 4.77. The fraction of sp³-hybridized carbons (Fsp3) is 0.263. The van der Waals surface area contributed by atoms with Crippen LogP contribution < -0.4 is 0 Å². The number of aromatic carboxylic acids is 1. The minimum absolute atomic E-state index is 0.0703. The van der Waals surface area contributed by atoms with E-state index in [9.17, 15) is 19.1 Å². The second-order valence-corrected chi connectivity index (χ2v) is 6.40. The Morgan fingerprint density at radius 1 is 1.28 bits per heavy atom. The normalized spacial score (nSPS) is 15.7. The van der Waals surface area contributed by atoms with Gasteiger partial charge in [-0.2, -0.15) is 0 Å². The number of carboxylic acid groups (broad SMARTS) is 1. The van der Waals surface area contributed by atoms with E-state index in [1.54, 1.807) is 17.0 Å². The first-order valence-corrected chi connectivity index (χ1v) is 8.42. The van der Waals surface area contributed by atoms with Crippen molar-refractivity contribution in [2.75, 3.05) is 6.54 Å². The van der Waals surface area contributed by atoms with Crippen LogP contribution in [0.5, 0.6) is 0 Å². The van der Waals surface area contributed by atoms with E-state index < -0.39 is 11.8 Å². The number of amides is 1. The summed E-state index contributed by atoms with van der Waals surface area (Å²) >= 11 is 6.03. The van der Waals surface area contributed by atoms with Gasteiger partial charge in [0.2, 0.25) is 0 Å². The number of halogens is 2. The highest BCUT2D eigenvalue weighted by molar-refractivity contribution is 6.33. The number of carbonyl (C=O) groups is 2. The fourth-order valence-electron chi connectivity index (χ4n) is 3.36. The summed E-state index contributed by atoms with van der Waals surface area (Å²) in [5.74, 6) is -1.78. The predicted octanol–water partition coefficient (Wildman–Crippen LogP) is 4.33. The molecule has 2 aromatic carbocycles. The Balaban J connectivity index is 1.97. The average Bonchev–Trinajstić information content (AvgIpc) is 2.98. The molecule has 0 aliphatic heterocycles. The summed E-state index contributed by atoms with van der Waals surface area (Å²) in [6.45, 7) is 2.29. The number of benzene rings is 2. The topological polar surface area (TPSA) is 57.6 Å². The second kappa shape index (κ2) is 6.84. The van der Waals surface area contributed by atoms with E-state index in [0.29, 0.717) is 6.54 Å². The molecule has 1 amide bonds. The quantitative estimate of drug-likeness (QED) is 0.881. The molecule has 130 valence electrons. The summed E-state index contributed by atoms with van der Waals surface area (Å²) < 4.78 is 13.2. The molecule has 2 aromatic rings. The monoisotopic (exact) mass is 361 g/mol. The second-order valence-electron chi connectivity index (χ2n) is 5.99. The molecule has 1 N–H and O–H groups in total. The van der Waals surface area contributed by atoms with Crippen molar-refractivity contribution in [1.82, 2.24) is 4.90 Å². The van der Waals surface area contributed by atoms with E-state index in [1.807, 2.05) is 13.0 Å². The van der Waals surface area contributed by atoms with E-state index in [-0.39, 0.29) is 28.1 Å². The number of nitrogens with zero attached hydrogens (tertiary/aromatic N) is 1. The van der Waals surface area contributed by atoms with Gasteiger partial charge in [0.25, 0.3) is 5.91 Å². The number of fused-ring (bicyclic) bond motifs is 1. The maximum absolute atomic E-state index is 13.2. The van der Waals surface area contributed by atoms with Gasteiger partial charge in [0.1, 0.15) is 5.82 Å². The van der Waals surface area contributed by atoms with E-state index in [0.717, 1.165) is 30.0 Å². The lowest BCUT2D eigenvalue weighted by Crippen LogP contribution is -2.34. The Morgan fingerprint density at radius 3 is 2.68 bits per heavy atom. The van der Waals surface area contributed by atoms with Crippen LogP contribution >= 0.6 is 11.6 Å². The molecule has 1 aliphatic rings. The summed E-state index contributed by atoms with van der Waals surface area (Å²) in [7, 11) is 0. The summed E-state index contributed by atoms with van der Waals surface area (Å²) in [6, 6.07) is 8.52. The lowest BCUT2D eigenvalue weighted by molar-refractivity contribution is 0.0687. The molecule has 0 unspecified atom stereocenters. The molecule has 0 aromatic heterocycles. The third-order valence-corrected chi connectivity index (χ3v) is 4.89. The Bertz CT molecular complexity index is 853. The Morgan fingerprint density at radius 2 is 2.04 bits per heavy atom. The lowest BCUT2D eigenvalue weighted by atomic mass is 10.0. The maximum atomic E-state index is 13.2. The number of carbonyl (C=O) groups excluding carboxylic acids is 1. The zero-order valence-corrected chi connectivity index (χ0v) is 14.4. The highest BCUT2D eigenvalue weighted by atomic mass is 35.5. The predicted molar refractivity (Wildman–Crippen MR) is 92.6 cm³/mol.